The van der Waals surface area contributed by atoms with Gasteiger partial charge in [0.05, 0.1) is 5.69 Å². The van der Waals surface area contributed by atoms with Crippen molar-refractivity contribution >= 4 is 22.4 Å². The molecule has 0 fully saturated rings. The van der Waals surface area contributed by atoms with E-state index in [2.05, 4.69) is 22.4 Å². The average Bonchev–Trinajstić information content (AvgIpc) is 3.03. The number of thiazole rings is 1. The van der Waals surface area contributed by atoms with E-state index >= 15 is 0 Å². The van der Waals surface area contributed by atoms with Gasteiger partial charge in [-0.3, -0.25) is 10.1 Å². The van der Waals surface area contributed by atoms with Crippen LogP contribution in [0.25, 0.3) is 11.3 Å². The number of carbonyl (C=O) groups excluding carboxylic acids is 1. The summed E-state index contributed by atoms with van der Waals surface area (Å²) >= 11 is 1.41. The molecular weight excluding hydrogens is 344 g/mol. The third kappa shape index (κ3) is 4.29. The number of amides is 1. The predicted molar refractivity (Wildman–Crippen MR) is 107 cm³/mol. The number of nitrogens with one attached hydrogen (secondary N) is 1. The Morgan fingerprint density at radius 1 is 1.04 bits per heavy atom. The van der Waals surface area contributed by atoms with Gasteiger partial charge in [0.25, 0.3) is 5.91 Å². The van der Waals surface area contributed by atoms with E-state index < -0.39 is 0 Å². The van der Waals surface area contributed by atoms with Gasteiger partial charge in [-0.1, -0.05) is 47.5 Å². The molecule has 0 saturated carbocycles. The largest absolute Gasteiger partial charge is 0.483 e. The number of hydrogen-bond donors (Lipinski definition) is 1. The average molecular weight is 366 g/mol. The molecule has 0 aliphatic rings. The van der Waals surface area contributed by atoms with Crippen molar-refractivity contribution in [2.75, 3.05) is 11.9 Å². The Balaban J connectivity index is 1.62. The molecule has 1 heterocycles. The van der Waals surface area contributed by atoms with Crippen LogP contribution in [-0.4, -0.2) is 17.5 Å². The van der Waals surface area contributed by atoms with Crippen molar-refractivity contribution in [3.63, 3.8) is 0 Å². The smallest absolute Gasteiger partial charge is 0.264 e. The molecule has 0 spiro atoms. The maximum Gasteiger partial charge on any atom is 0.264 e. The standard InChI is InChI=1S/C21H22N2O2S/c1-13-5-7-17(8-6-13)18-12-26-21(22-18)23-19(24)11-25-20-15(3)9-14(2)10-16(20)4/h5-10,12H,11H2,1-4H3,(H,22,23,24). The summed E-state index contributed by atoms with van der Waals surface area (Å²) in [6, 6.07) is 12.3. The van der Waals surface area contributed by atoms with Crippen molar-refractivity contribution in [1.82, 2.24) is 4.98 Å². The Kier molecular flexibility index (Phi) is 5.38. The first kappa shape index (κ1) is 18.1. The molecule has 3 rings (SSSR count). The van der Waals surface area contributed by atoms with Gasteiger partial charge in [-0.15, -0.1) is 11.3 Å². The molecule has 1 N–H and O–H groups in total. The van der Waals surface area contributed by atoms with E-state index in [1.807, 2.05) is 57.3 Å². The molecule has 0 radical (unpaired) electrons. The van der Waals surface area contributed by atoms with Crippen LogP contribution in [0, 0.1) is 27.7 Å². The first-order valence-electron chi connectivity index (χ1n) is 8.45. The van der Waals surface area contributed by atoms with Crippen LogP contribution in [0.3, 0.4) is 0 Å². The molecule has 0 unspecified atom stereocenters. The third-order valence-electron chi connectivity index (χ3n) is 4.05. The van der Waals surface area contributed by atoms with Crippen molar-refractivity contribution in [1.29, 1.82) is 0 Å². The Labute approximate surface area is 157 Å². The van der Waals surface area contributed by atoms with Crippen molar-refractivity contribution in [3.8, 4) is 17.0 Å². The molecule has 26 heavy (non-hydrogen) atoms. The van der Waals surface area contributed by atoms with Crippen LogP contribution in [-0.2, 0) is 4.79 Å². The van der Waals surface area contributed by atoms with Crippen LogP contribution in [0.15, 0.2) is 41.8 Å². The van der Waals surface area contributed by atoms with E-state index in [0.717, 1.165) is 28.1 Å². The molecule has 1 amide bonds. The first-order chi connectivity index (χ1) is 12.4. The van der Waals surface area contributed by atoms with E-state index in [4.69, 9.17) is 4.74 Å². The van der Waals surface area contributed by atoms with E-state index in [0.29, 0.717) is 5.13 Å². The Morgan fingerprint density at radius 3 is 2.35 bits per heavy atom. The van der Waals surface area contributed by atoms with Gasteiger partial charge in [-0.25, -0.2) is 4.98 Å². The normalized spacial score (nSPS) is 10.6. The lowest BCUT2D eigenvalue weighted by Crippen LogP contribution is -2.20. The van der Waals surface area contributed by atoms with Gasteiger partial charge >= 0.3 is 0 Å². The van der Waals surface area contributed by atoms with Crippen molar-refractivity contribution in [2.45, 2.75) is 27.7 Å². The highest BCUT2D eigenvalue weighted by atomic mass is 32.1. The van der Waals surface area contributed by atoms with Crippen LogP contribution in [0.4, 0.5) is 5.13 Å². The molecule has 2 aromatic carbocycles. The maximum absolute atomic E-state index is 12.2. The lowest BCUT2D eigenvalue weighted by molar-refractivity contribution is -0.118. The fourth-order valence-electron chi connectivity index (χ4n) is 2.88. The van der Waals surface area contributed by atoms with Crippen LogP contribution in [0.1, 0.15) is 22.3 Å². The number of hydrogen-bond acceptors (Lipinski definition) is 4. The number of rotatable bonds is 5. The zero-order chi connectivity index (χ0) is 18.7. The Bertz CT molecular complexity index is 906. The number of carbonyl (C=O) groups is 1. The van der Waals surface area contributed by atoms with Gasteiger partial charge in [0.1, 0.15) is 5.75 Å². The summed E-state index contributed by atoms with van der Waals surface area (Å²) in [5.74, 6) is 0.555. The lowest BCUT2D eigenvalue weighted by atomic mass is 10.1. The number of anilines is 1. The Morgan fingerprint density at radius 2 is 1.69 bits per heavy atom. The molecule has 0 saturated heterocycles. The number of benzene rings is 2. The van der Waals surface area contributed by atoms with Crippen LogP contribution in [0.2, 0.25) is 0 Å². The molecular formula is C21H22N2O2S. The molecule has 3 aromatic rings. The highest BCUT2D eigenvalue weighted by molar-refractivity contribution is 7.14. The minimum absolute atomic E-state index is 0.0375. The number of aromatic nitrogens is 1. The molecule has 1 aromatic heterocycles. The van der Waals surface area contributed by atoms with Crippen LogP contribution >= 0.6 is 11.3 Å². The summed E-state index contributed by atoms with van der Waals surface area (Å²) in [6.07, 6.45) is 0. The lowest BCUT2D eigenvalue weighted by Gasteiger charge is -2.12. The van der Waals surface area contributed by atoms with Crippen LogP contribution in [0.5, 0.6) is 5.75 Å². The Hall–Kier alpha value is -2.66. The second-order valence-corrected chi connectivity index (χ2v) is 7.33. The molecule has 0 bridgehead atoms. The number of ether oxygens (including phenoxy) is 1. The van der Waals surface area contributed by atoms with Crippen molar-refractivity contribution < 1.29 is 9.53 Å². The molecule has 4 nitrogen and oxygen atoms in total. The highest BCUT2D eigenvalue weighted by Crippen LogP contribution is 2.26. The molecule has 0 aliphatic heterocycles. The van der Waals surface area contributed by atoms with Crippen molar-refractivity contribution in [2.24, 2.45) is 0 Å². The van der Waals surface area contributed by atoms with E-state index in [1.54, 1.807) is 0 Å². The summed E-state index contributed by atoms with van der Waals surface area (Å²) in [7, 11) is 0. The summed E-state index contributed by atoms with van der Waals surface area (Å²) in [5, 5.41) is 5.32. The van der Waals surface area contributed by atoms with Gasteiger partial charge in [0.2, 0.25) is 0 Å². The highest BCUT2D eigenvalue weighted by Gasteiger charge is 2.11. The topological polar surface area (TPSA) is 51.2 Å². The summed E-state index contributed by atoms with van der Waals surface area (Å²) < 4.78 is 5.73. The monoisotopic (exact) mass is 366 g/mol. The van der Waals surface area contributed by atoms with E-state index in [9.17, 15) is 4.79 Å². The van der Waals surface area contributed by atoms with Gasteiger partial charge in [0.15, 0.2) is 11.7 Å². The first-order valence-corrected chi connectivity index (χ1v) is 9.33. The minimum Gasteiger partial charge on any atom is -0.483 e. The minimum atomic E-state index is -0.214. The fraction of sp³-hybridized carbons (Fsp3) is 0.238. The van der Waals surface area contributed by atoms with Crippen molar-refractivity contribution in [3.05, 3.63) is 64.0 Å². The number of aryl methyl sites for hydroxylation is 4. The second-order valence-electron chi connectivity index (χ2n) is 6.47. The molecule has 134 valence electrons. The summed E-state index contributed by atoms with van der Waals surface area (Å²) in [5.41, 5.74) is 6.35. The second kappa shape index (κ2) is 7.70. The van der Waals surface area contributed by atoms with Gasteiger partial charge in [-0.2, -0.15) is 0 Å². The molecule has 0 aliphatic carbocycles. The molecule has 5 heteroatoms. The summed E-state index contributed by atoms with van der Waals surface area (Å²) in [6.45, 7) is 8.03. The van der Waals surface area contributed by atoms with Gasteiger partial charge < -0.3 is 4.74 Å². The van der Waals surface area contributed by atoms with Gasteiger partial charge in [-0.05, 0) is 38.8 Å². The predicted octanol–water partition coefficient (Wildman–Crippen LogP) is 5.06. The van der Waals surface area contributed by atoms with Crippen LogP contribution < -0.4 is 10.1 Å². The number of nitrogens with zero attached hydrogens (tertiary/aromatic N) is 1. The fourth-order valence-corrected chi connectivity index (χ4v) is 3.61. The zero-order valence-electron chi connectivity index (χ0n) is 15.4. The summed E-state index contributed by atoms with van der Waals surface area (Å²) in [4.78, 5) is 16.7. The molecule has 0 atom stereocenters. The van der Waals surface area contributed by atoms with Gasteiger partial charge in [0, 0.05) is 10.9 Å². The van der Waals surface area contributed by atoms with E-state index in [-0.39, 0.29) is 12.5 Å². The van der Waals surface area contributed by atoms with E-state index in [1.165, 1.54) is 22.5 Å². The third-order valence-corrected chi connectivity index (χ3v) is 4.81. The maximum atomic E-state index is 12.2. The quantitative estimate of drug-likeness (QED) is 0.686. The SMILES string of the molecule is Cc1ccc(-c2csc(NC(=O)COc3c(C)cc(C)cc3C)n2)cc1. The zero-order valence-corrected chi connectivity index (χ0v) is 16.2.